The van der Waals surface area contributed by atoms with Crippen LogP contribution >= 0.6 is 0 Å². The van der Waals surface area contributed by atoms with Crippen LogP contribution in [0.4, 0.5) is 5.82 Å². The van der Waals surface area contributed by atoms with Gasteiger partial charge in [-0.25, -0.2) is 4.98 Å². The molecule has 4 heteroatoms. The van der Waals surface area contributed by atoms with Crippen molar-refractivity contribution >= 4 is 11.7 Å². The third-order valence-electron chi connectivity index (χ3n) is 3.13. The summed E-state index contributed by atoms with van der Waals surface area (Å²) in [4.78, 5) is 17.9. The molecule has 0 bridgehead atoms. The molecule has 0 aliphatic carbocycles. The van der Waals surface area contributed by atoms with Crippen LogP contribution < -0.4 is 4.90 Å². The number of pyridine rings is 1. The van der Waals surface area contributed by atoms with Gasteiger partial charge in [0.05, 0.1) is 6.07 Å². The Bertz CT molecular complexity index is 418. The molecule has 1 aromatic rings. The zero-order chi connectivity index (χ0) is 12.9. The van der Waals surface area contributed by atoms with Crippen LogP contribution in [0.1, 0.15) is 26.7 Å². The summed E-state index contributed by atoms with van der Waals surface area (Å²) < 4.78 is 0. The van der Waals surface area contributed by atoms with E-state index in [1.807, 2.05) is 19.9 Å². The number of hydrogen-bond acceptors (Lipinski definition) is 3. The molecule has 4 nitrogen and oxygen atoms in total. The van der Waals surface area contributed by atoms with Gasteiger partial charge in [-0.2, -0.15) is 5.26 Å². The summed E-state index contributed by atoms with van der Waals surface area (Å²) in [6.07, 6.45) is 2.65. The van der Waals surface area contributed by atoms with Gasteiger partial charge in [-0.3, -0.25) is 9.69 Å². The monoisotopic (exact) mass is 231 g/mol. The van der Waals surface area contributed by atoms with Crippen LogP contribution in [0, 0.1) is 16.7 Å². The highest BCUT2D eigenvalue weighted by Crippen LogP contribution is 2.29. The maximum Gasteiger partial charge on any atom is 0.248 e. The van der Waals surface area contributed by atoms with Gasteiger partial charge in [-0.1, -0.05) is 19.9 Å². The molecule has 0 aromatic carbocycles. The molecular weight excluding hydrogens is 214 g/mol. The summed E-state index contributed by atoms with van der Waals surface area (Å²) in [6.45, 7) is 3.72. The highest BCUT2D eigenvalue weighted by molar-refractivity contribution is 5.98. The van der Waals surface area contributed by atoms with E-state index in [4.69, 9.17) is 0 Å². The van der Waals surface area contributed by atoms with E-state index in [-0.39, 0.29) is 5.91 Å². The molecule has 0 radical (unpaired) electrons. The highest BCUT2D eigenvalue weighted by atomic mass is 16.2. The second-order valence-electron chi connectivity index (χ2n) is 3.95. The average Bonchev–Trinajstić information content (AvgIpc) is 2.41. The molecule has 1 heterocycles. The molecule has 0 aliphatic heterocycles. The molecule has 0 N–H and O–H groups in total. The Morgan fingerprint density at radius 2 is 2.12 bits per heavy atom. The molecule has 0 saturated carbocycles. The minimum absolute atomic E-state index is 0.191. The van der Waals surface area contributed by atoms with Gasteiger partial charge >= 0.3 is 0 Å². The molecule has 0 saturated heterocycles. The smallest absolute Gasteiger partial charge is 0.248 e. The first-order chi connectivity index (χ1) is 8.11. The number of aromatic nitrogens is 1. The van der Waals surface area contributed by atoms with Gasteiger partial charge in [-0.05, 0) is 25.0 Å². The summed E-state index contributed by atoms with van der Waals surface area (Å²) in [6, 6.07) is 7.51. The van der Waals surface area contributed by atoms with Crippen molar-refractivity contribution in [3.63, 3.8) is 0 Å². The SMILES string of the molecule is CCC(C#N)(CC)C(=O)N(C)c1ccccn1. The number of carbonyl (C=O) groups excluding carboxylic acids is 1. The summed E-state index contributed by atoms with van der Waals surface area (Å²) >= 11 is 0. The maximum atomic E-state index is 12.3. The van der Waals surface area contributed by atoms with Crippen LogP contribution in [0.2, 0.25) is 0 Å². The molecule has 1 aromatic heterocycles. The highest BCUT2D eigenvalue weighted by Gasteiger charge is 2.37. The molecule has 17 heavy (non-hydrogen) atoms. The quantitative estimate of drug-likeness (QED) is 0.799. The first kappa shape index (κ1) is 13.2. The molecule has 90 valence electrons. The maximum absolute atomic E-state index is 12.3. The lowest BCUT2D eigenvalue weighted by molar-refractivity contribution is -0.125. The third-order valence-corrected chi connectivity index (χ3v) is 3.13. The van der Waals surface area contributed by atoms with Crippen molar-refractivity contribution in [2.75, 3.05) is 11.9 Å². The lowest BCUT2D eigenvalue weighted by Gasteiger charge is -2.27. The van der Waals surface area contributed by atoms with E-state index in [2.05, 4.69) is 11.1 Å². The average molecular weight is 231 g/mol. The topological polar surface area (TPSA) is 57.0 Å². The Balaban J connectivity index is 3.02. The van der Waals surface area contributed by atoms with Crippen molar-refractivity contribution in [3.8, 4) is 6.07 Å². The number of rotatable bonds is 4. The van der Waals surface area contributed by atoms with E-state index in [1.54, 1.807) is 25.4 Å². The van der Waals surface area contributed by atoms with E-state index in [0.717, 1.165) is 0 Å². The second-order valence-corrected chi connectivity index (χ2v) is 3.95. The fourth-order valence-corrected chi connectivity index (χ4v) is 1.74. The summed E-state index contributed by atoms with van der Waals surface area (Å²) in [5, 5.41) is 9.22. The van der Waals surface area contributed by atoms with Crippen LogP contribution in [0.15, 0.2) is 24.4 Å². The Labute approximate surface area is 102 Å². The molecule has 0 atom stereocenters. The molecule has 0 aliphatic rings. The number of nitrogens with zero attached hydrogens (tertiary/aromatic N) is 3. The van der Waals surface area contributed by atoms with Gasteiger partial charge in [-0.15, -0.1) is 0 Å². The number of anilines is 1. The number of nitriles is 1. The predicted molar refractivity (Wildman–Crippen MR) is 66.3 cm³/mol. The third kappa shape index (κ3) is 2.44. The molecule has 1 amide bonds. The van der Waals surface area contributed by atoms with Crippen LogP contribution in [-0.4, -0.2) is 17.9 Å². The minimum Gasteiger partial charge on any atom is -0.299 e. The summed E-state index contributed by atoms with van der Waals surface area (Å²) in [5.41, 5.74) is -0.938. The van der Waals surface area contributed by atoms with Gasteiger partial charge in [0, 0.05) is 13.2 Å². The second kappa shape index (κ2) is 5.44. The Kier molecular flexibility index (Phi) is 4.22. The van der Waals surface area contributed by atoms with Crippen molar-refractivity contribution < 1.29 is 4.79 Å². The van der Waals surface area contributed by atoms with Crippen LogP contribution in [0.5, 0.6) is 0 Å². The van der Waals surface area contributed by atoms with Crippen molar-refractivity contribution in [3.05, 3.63) is 24.4 Å². The first-order valence-electron chi connectivity index (χ1n) is 5.71. The van der Waals surface area contributed by atoms with Gasteiger partial charge in [0.15, 0.2) is 0 Å². The van der Waals surface area contributed by atoms with Gasteiger partial charge in [0.25, 0.3) is 0 Å². The van der Waals surface area contributed by atoms with Crippen molar-refractivity contribution in [1.29, 1.82) is 5.26 Å². The van der Waals surface area contributed by atoms with E-state index in [9.17, 15) is 10.1 Å². The Morgan fingerprint density at radius 1 is 1.47 bits per heavy atom. The van der Waals surface area contributed by atoms with Crippen molar-refractivity contribution in [1.82, 2.24) is 4.98 Å². The minimum atomic E-state index is -0.938. The first-order valence-corrected chi connectivity index (χ1v) is 5.71. The fraction of sp³-hybridized carbons (Fsp3) is 0.462. The standard InChI is InChI=1S/C13H17N3O/c1-4-13(5-2,10-14)12(17)16(3)11-8-6-7-9-15-11/h6-9H,4-5H2,1-3H3. The Hall–Kier alpha value is -1.89. The molecular formula is C13H17N3O. The predicted octanol–water partition coefficient (Wildman–Crippen LogP) is 2.37. The lowest BCUT2D eigenvalue weighted by atomic mass is 9.82. The summed E-state index contributed by atoms with van der Waals surface area (Å²) in [5.74, 6) is 0.378. The van der Waals surface area contributed by atoms with E-state index < -0.39 is 5.41 Å². The normalized spacial score (nSPS) is 10.7. The van der Waals surface area contributed by atoms with Crippen molar-refractivity contribution in [2.45, 2.75) is 26.7 Å². The fourth-order valence-electron chi connectivity index (χ4n) is 1.74. The van der Waals surface area contributed by atoms with E-state index >= 15 is 0 Å². The zero-order valence-electron chi connectivity index (χ0n) is 10.5. The van der Waals surface area contributed by atoms with E-state index in [1.165, 1.54) is 4.90 Å². The number of amides is 1. The molecule has 1 rings (SSSR count). The van der Waals surface area contributed by atoms with Crippen LogP contribution in [0.25, 0.3) is 0 Å². The molecule has 0 spiro atoms. The zero-order valence-corrected chi connectivity index (χ0v) is 10.5. The summed E-state index contributed by atoms with van der Waals surface area (Å²) in [7, 11) is 1.65. The van der Waals surface area contributed by atoms with Gasteiger partial charge < -0.3 is 0 Å². The largest absolute Gasteiger partial charge is 0.299 e. The van der Waals surface area contributed by atoms with E-state index in [0.29, 0.717) is 18.7 Å². The van der Waals surface area contributed by atoms with Crippen LogP contribution in [-0.2, 0) is 4.79 Å². The number of hydrogen-bond donors (Lipinski definition) is 0. The Morgan fingerprint density at radius 3 is 2.53 bits per heavy atom. The van der Waals surface area contributed by atoms with Crippen molar-refractivity contribution in [2.24, 2.45) is 5.41 Å². The molecule has 0 unspecified atom stereocenters. The van der Waals surface area contributed by atoms with Gasteiger partial charge in [0.1, 0.15) is 11.2 Å². The molecule has 0 fully saturated rings. The van der Waals surface area contributed by atoms with Gasteiger partial charge in [0.2, 0.25) is 5.91 Å². The lowest BCUT2D eigenvalue weighted by Crippen LogP contribution is -2.41. The number of carbonyl (C=O) groups is 1. The van der Waals surface area contributed by atoms with Crippen LogP contribution in [0.3, 0.4) is 0 Å².